The van der Waals surface area contributed by atoms with Crippen LogP contribution < -0.4 is 4.74 Å². The van der Waals surface area contributed by atoms with Crippen molar-refractivity contribution in [2.24, 2.45) is 5.92 Å². The fourth-order valence-corrected chi connectivity index (χ4v) is 3.89. The summed E-state index contributed by atoms with van der Waals surface area (Å²) < 4.78 is 13.7. The first-order valence-electron chi connectivity index (χ1n) is 11.5. The molecule has 0 saturated heterocycles. The minimum Gasteiger partial charge on any atom is -0.439 e. The molecule has 0 aliphatic carbocycles. The highest BCUT2D eigenvalue weighted by atomic mass is 35.5. The van der Waals surface area contributed by atoms with Gasteiger partial charge in [-0.15, -0.1) is 6.58 Å². The van der Waals surface area contributed by atoms with Crippen LogP contribution in [0.4, 0.5) is 0 Å². The number of aliphatic hydroxyl groups is 1. The van der Waals surface area contributed by atoms with E-state index in [4.69, 9.17) is 26.2 Å². The highest BCUT2D eigenvalue weighted by molar-refractivity contribution is 6.30. The Morgan fingerprint density at radius 3 is 2.47 bits per heavy atom. The number of benzene rings is 2. The van der Waals surface area contributed by atoms with E-state index in [0.717, 1.165) is 23.5 Å². The maximum absolute atomic E-state index is 10.6. The zero-order valence-electron chi connectivity index (χ0n) is 20.2. The second-order valence-electron chi connectivity index (χ2n) is 8.74. The van der Waals surface area contributed by atoms with Gasteiger partial charge in [0.25, 0.3) is 0 Å². The number of aliphatic hydroxyl groups excluding tert-OH is 1. The van der Waals surface area contributed by atoms with E-state index < -0.39 is 6.10 Å². The summed E-state index contributed by atoms with van der Waals surface area (Å²) >= 11 is 6.07. The molecule has 0 bridgehead atoms. The Morgan fingerprint density at radius 2 is 1.82 bits per heavy atom. The van der Waals surface area contributed by atoms with Crippen LogP contribution in [-0.2, 0) is 11.3 Å². The molecule has 3 aromatic rings. The Labute approximate surface area is 207 Å². The van der Waals surface area contributed by atoms with E-state index in [9.17, 15) is 5.11 Å². The van der Waals surface area contributed by atoms with Crippen molar-refractivity contribution in [2.75, 3.05) is 26.3 Å². The maximum Gasteiger partial charge on any atom is 0.227 e. The van der Waals surface area contributed by atoms with E-state index in [1.54, 1.807) is 18.2 Å². The zero-order chi connectivity index (χ0) is 24.5. The first-order chi connectivity index (χ1) is 16.4. The van der Waals surface area contributed by atoms with Gasteiger partial charge in [-0.1, -0.05) is 49.7 Å². The van der Waals surface area contributed by atoms with Gasteiger partial charge in [-0.2, -0.15) is 5.10 Å². The third-order valence-electron chi connectivity index (χ3n) is 5.19. The summed E-state index contributed by atoms with van der Waals surface area (Å²) in [6.45, 7) is 12.5. The molecular weight excluding hydrogens is 450 g/mol. The Morgan fingerprint density at radius 1 is 1.12 bits per heavy atom. The fraction of sp³-hybridized carbons (Fsp3) is 0.370. The van der Waals surface area contributed by atoms with Crippen LogP contribution in [0.1, 0.15) is 25.1 Å². The number of ether oxygens (including phenoxy) is 2. The van der Waals surface area contributed by atoms with E-state index in [1.807, 2.05) is 54.1 Å². The van der Waals surface area contributed by atoms with Gasteiger partial charge < -0.3 is 14.6 Å². The van der Waals surface area contributed by atoms with Crippen molar-refractivity contribution < 1.29 is 14.6 Å². The first kappa shape index (κ1) is 26.0. The van der Waals surface area contributed by atoms with Gasteiger partial charge >= 0.3 is 0 Å². The highest BCUT2D eigenvalue weighted by Crippen LogP contribution is 2.32. The summed E-state index contributed by atoms with van der Waals surface area (Å²) in [5, 5.41) is 16.0. The second-order valence-corrected chi connectivity index (χ2v) is 9.18. The number of para-hydroxylation sites is 1. The van der Waals surface area contributed by atoms with Crippen LogP contribution in [0, 0.1) is 12.8 Å². The molecular formula is C27H34ClN3O3. The SMILES string of the molecule is C=CCOCC(O)CN(Cc1c(C)nn(-c2ccccc2)c1Oc1ccc(Cl)cc1)CC(C)C. The van der Waals surface area contributed by atoms with Crippen molar-refractivity contribution in [3.05, 3.63) is 83.5 Å². The van der Waals surface area contributed by atoms with E-state index in [1.165, 1.54) is 0 Å². The van der Waals surface area contributed by atoms with Crippen LogP contribution in [0.15, 0.2) is 67.3 Å². The maximum atomic E-state index is 10.6. The second kappa shape index (κ2) is 12.7. The molecule has 2 aromatic carbocycles. The number of aryl methyl sites for hydroxylation is 1. The molecule has 1 unspecified atom stereocenters. The summed E-state index contributed by atoms with van der Waals surface area (Å²) in [4.78, 5) is 2.22. The molecule has 182 valence electrons. The van der Waals surface area contributed by atoms with Crippen LogP contribution in [0.3, 0.4) is 0 Å². The average molecular weight is 484 g/mol. The van der Waals surface area contributed by atoms with E-state index in [-0.39, 0.29) is 6.61 Å². The number of aromatic nitrogens is 2. The van der Waals surface area contributed by atoms with Gasteiger partial charge in [0.05, 0.1) is 36.3 Å². The molecule has 0 amide bonds. The Bertz CT molecular complexity index is 1040. The topological polar surface area (TPSA) is 59.8 Å². The van der Waals surface area contributed by atoms with Gasteiger partial charge in [0.1, 0.15) is 5.75 Å². The van der Waals surface area contributed by atoms with Crippen LogP contribution in [0.25, 0.3) is 5.69 Å². The molecule has 1 heterocycles. The molecule has 34 heavy (non-hydrogen) atoms. The standard InChI is InChI=1S/C27H34ClN3O3/c1-5-15-33-19-24(32)17-30(16-20(2)3)18-26-21(4)29-31(23-9-7-6-8-10-23)27(26)34-25-13-11-22(28)12-14-25/h5-14,20,24,32H,1,15-19H2,2-4H3. The normalized spacial score (nSPS) is 12.3. The quantitative estimate of drug-likeness (QED) is 0.251. The van der Waals surface area contributed by atoms with Gasteiger partial charge in [-0.05, 0) is 49.2 Å². The number of rotatable bonds is 13. The smallest absolute Gasteiger partial charge is 0.227 e. The van der Waals surface area contributed by atoms with E-state index in [2.05, 4.69) is 25.3 Å². The zero-order valence-corrected chi connectivity index (χ0v) is 20.9. The number of hydrogen-bond acceptors (Lipinski definition) is 5. The monoisotopic (exact) mass is 483 g/mol. The Hall–Kier alpha value is -2.64. The van der Waals surface area contributed by atoms with Gasteiger partial charge in [-0.25, -0.2) is 4.68 Å². The molecule has 0 aliphatic rings. The molecule has 0 fully saturated rings. The van der Waals surface area contributed by atoms with Crippen LogP contribution >= 0.6 is 11.6 Å². The van der Waals surface area contributed by atoms with Gasteiger partial charge in [0.2, 0.25) is 5.88 Å². The molecule has 1 atom stereocenters. The lowest BCUT2D eigenvalue weighted by Gasteiger charge is -2.27. The lowest BCUT2D eigenvalue weighted by molar-refractivity contribution is 0.0222. The fourth-order valence-electron chi connectivity index (χ4n) is 3.77. The molecule has 0 aliphatic heterocycles. The summed E-state index contributed by atoms with van der Waals surface area (Å²) in [5.41, 5.74) is 2.76. The molecule has 0 radical (unpaired) electrons. The first-order valence-corrected chi connectivity index (χ1v) is 11.9. The Kier molecular flexibility index (Phi) is 9.72. The third-order valence-corrected chi connectivity index (χ3v) is 5.44. The van der Waals surface area contributed by atoms with Gasteiger partial charge in [-0.3, -0.25) is 4.90 Å². The van der Waals surface area contributed by atoms with Crippen molar-refractivity contribution >= 4 is 11.6 Å². The summed E-state index contributed by atoms with van der Waals surface area (Å²) in [5.74, 6) is 1.75. The predicted octanol–water partition coefficient (Wildman–Crippen LogP) is 5.65. The molecule has 7 heteroatoms. The highest BCUT2D eigenvalue weighted by Gasteiger charge is 2.23. The molecule has 3 rings (SSSR count). The van der Waals surface area contributed by atoms with Gasteiger partial charge in [0, 0.05) is 24.7 Å². The lowest BCUT2D eigenvalue weighted by Crippen LogP contribution is -2.37. The van der Waals surface area contributed by atoms with Crippen molar-refractivity contribution in [3.8, 4) is 17.3 Å². The molecule has 1 N–H and O–H groups in total. The van der Waals surface area contributed by atoms with Crippen molar-refractivity contribution in [3.63, 3.8) is 0 Å². The number of nitrogens with zero attached hydrogens (tertiary/aromatic N) is 3. The van der Waals surface area contributed by atoms with Crippen molar-refractivity contribution in [2.45, 2.75) is 33.4 Å². The molecule has 6 nitrogen and oxygen atoms in total. The minimum absolute atomic E-state index is 0.261. The molecule has 0 saturated carbocycles. The largest absolute Gasteiger partial charge is 0.439 e. The van der Waals surface area contributed by atoms with Crippen molar-refractivity contribution in [1.82, 2.24) is 14.7 Å². The van der Waals surface area contributed by atoms with E-state index >= 15 is 0 Å². The van der Waals surface area contributed by atoms with Crippen LogP contribution in [-0.4, -0.2) is 52.2 Å². The van der Waals surface area contributed by atoms with E-state index in [0.29, 0.717) is 42.3 Å². The summed E-state index contributed by atoms with van der Waals surface area (Å²) in [6, 6.07) is 17.2. The average Bonchev–Trinajstić information content (AvgIpc) is 3.10. The Balaban J connectivity index is 1.93. The predicted molar refractivity (Wildman–Crippen MR) is 137 cm³/mol. The summed E-state index contributed by atoms with van der Waals surface area (Å²) in [6.07, 6.45) is 1.07. The summed E-state index contributed by atoms with van der Waals surface area (Å²) in [7, 11) is 0. The van der Waals surface area contributed by atoms with Crippen molar-refractivity contribution in [1.29, 1.82) is 0 Å². The number of hydrogen-bond donors (Lipinski definition) is 1. The minimum atomic E-state index is -0.608. The number of halogens is 1. The third kappa shape index (κ3) is 7.43. The van der Waals surface area contributed by atoms with Crippen LogP contribution in [0.5, 0.6) is 11.6 Å². The van der Waals surface area contributed by atoms with Crippen LogP contribution in [0.2, 0.25) is 5.02 Å². The lowest BCUT2D eigenvalue weighted by atomic mass is 10.1. The molecule has 0 spiro atoms. The molecule has 1 aromatic heterocycles. The van der Waals surface area contributed by atoms with Gasteiger partial charge in [0.15, 0.2) is 0 Å².